The zero-order valence-electron chi connectivity index (χ0n) is 22.0. The first-order valence-corrected chi connectivity index (χ1v) is 11.9. The van der Waals surface area contributed by atoms with Gasteiger partial charge < -0.3 is 24.4 Å². The van der Waals surface area contributed by atoms with Gasteiger partial charge in [0.15, 0.2) is 12.4 Å². The number of fused-ring (bicyclic) bond motifs is 1. The molecule has 1 N–H and O–H groups in total. The fraction of sp³-hybridized carbons (Fsp3) is 0.320. The third kappa shape index (κ3) is 6.54. The second kappa shape index (κ2) is 11.3. The number of likely N-dealkylation sites (N-methyl/N-ethyl adjacent to an activating group) is 2. The van der Waals surface area contributed by atoms with Gasteiger partial charge in [0, 0.05) is 62.0 Å². The summed E-state index contributed by atoms with van der Waals surface area (Å²) in [5.74, 6) is -0.704. The van der Waals surface area contributed by atoms with Gasteiger partial charge >= 0.3 is 6.18 Å². The van der Waals surface area contributed by atoms with Crippen molar-refractivity contribution in [3.8, 4) is 17.1 Å². The second-order valence-electron chi connectivity index (χ2n) is 9.30. The van der Waals surface area contributed by atoms with E-state index in [-0.39, 0.29) is 34.6 Å². The van der Waals surface area contributed by atoms with Crippen LogP contribution in [0.25, 0.3) is 22.3 Å². The highest BCUT2D eigenvalue weighted by atomic mass is 19.4. The Morgan fingerprint density at radius 2 is 1.88 bits per heavy atom. The maximum Gasteiger partial charge on any atom is 0.422 e. The topological polar surface area (TPSA) is 114 Å². The van der Waals surface area contributed by atoms with Gasteiger partial charge in [-0.15, -0.1) is 0 Å². The zero-order chi connectivity index (χ0) is 29.2. The Hall–Kier alpha value is -4.53. The standard InChI is InChI=1S/C25H26F4N8O3/c1-34(2)7-8-35(3)20-11-22(40-13-25(27,28)29)18(10-21(20)37(38)39)32-24-31-14-30-23(33-24)17-12-36(4)19-6-5-15(26)9-16(17)19/h5-6,9-12,14H,7-8,13H2,1-4H3,(H,30,31,32,33). The molecule has 0 aliphatic heterocycles. The molecule has 40 heavy (non-hydrogen) atoms. The quantitative estimate of drug-likeness (QED) is 0.166. The van der Waals surface area contributed by atoms with E-state index < -0.39 is 23.5 Å². The monoisotopic (exact) mass is 562 g/mol. The molecule has 2 heterocycles. The molecule has 0 bridgehead atoms. The van der Waals surface area contributed by atoms with E-state index in [1.807, 2.05) is 19.0 Å². The van der Waals surface area contributed by atoms with Crippen molar-refractivity contribution in [2.45, 2.75) is 6.18 Å². The van der Waals surface area contributed by atoms with Crippen LogP contribution in [0.4, 0.5) is 40.6 Å². The van der Waals surface area contributed by atoms with E-state index in [0.29, 0.717) is 24.0 Å². The van der Waals surface area contributed by atoms with Crippen LogP contribution in [0.3, 0.4) is 0 Å². The smallest absolute Gasteiger partial charge is 0.422 e. The third-order valence-electron chi connectivity index (χ3n) is 5.97. The summed E-state index contributed by atoms with van der Waals surface area (Å²) in [6.07, 6.45) is -1.79. The molecule has 0 aliphatic carbocycles. The number of hydrogen-bond acceptors (Lipinski definition) is 9. The molecule has 0 saturated carbocycles. The largest absolute Gasteiger partial charge is 0.482 e. The lowest BCUT2D eigenvalue weighted by Crippen LogP contribution is -2.29. The fourth-order valence-corrected chi connectivity index (χ4v) is 4.01. The minimum atomic E-state index is -4.65. The average Bonchev–Trinajstić information content (AvgIpc) is 3.21. The predicted octanol–water partition coefficient (Wildman–Crippen LogP) is 4.76. The van der Waals surface area contributed by atoms with Crippen LogP contribution in [0, 0.1) is 15.9 Å². The van der Waals surface area contributed by atoms with Crippen LogP contribution in [0.5, 0.6) is 5.75 Å². The number of hydrogen-bond donors (Lipinski definition) is 1. The van der Waals surface area contributed by atoms with Crippen LogP contribution >= 0.6 is 0 Å². The van der Waals surface area contributed by atoms with Crippen LogP contribution in [-0.2, 0) is 7.05 Å². The highest BCUT2D eigenvalue weighted by Crippen LogP contribution is 2.40. The minimum absolute atomic E-state index is 0.0729. The maximum atomic E-state index is 14.0. The third-order valence-corrected chi connectivity index (χ3v) is 5.97. The summed E-state index contributed by atoms with van der Waals surface area (Å²) in [4.78, 5) is 27.2. The summed E-state index contributed by atoms with van der Waals surface area (Å²) in [6, 6.07) is 6.51. The lowest BCUT2D eigenvalue weighted by atomic mass is 10.1. The van der Waals surface area contributed by atoms with Crippen molar-refractivity contribution in [2.75, 3.05) is 51.1 Å². The van der Waals surface area contributed by atoms with Gasteiger partial charge in [0.2, 0.25) is 5.95 Å². The number of benzene rings is 2. The van der Waals surface area contributed by atoms with Gasteiger partial charge in [-0.3, -0.25) is 10.1 Å². The zero-order valence-corrected chi connectivity index (χ0v) is 22.0. The van der Waals surface area contributed by atoms with Gasteiger partial charge in [0.05, 0.1) is 10.6 Å². The van der Waals surface area contributed by atoms with Gasteiger partial charge in [-0.05, 0) is 32.3 Å². The van der Waals surface area contributed by atoms with Crippen molar-refractivity contribution in [1.29, 1.82) is 0 Å². The van der Waals surface area contributed by atoms with E-state index in [1.165, 1.54) is 18.2 Å². The molecule has 2 aromatic heterocycles. The number of anilines is 3. The first-order chi connectivity index (χ1) is 18.8. The van der Waals surface area contributed by atoms with Gasteiger partial charge in [-0.25, -0.2) is 14.4 Å². The van der Waals surface area contributed by atoms with Crippen molar-refractivity contribution in [3.05, 3.63) is 58.8 Å². The molecule has 0 spiro atoms. The number of rotatable bonds is 10. The second-order valence-corrected chi connectivity index (χ2v) is 9.30. The summed E-state index contributed by atoms with van der Waals surface area (Å²) < 4.78 is 59.9. The summed E-state index contributed by atoms with van der Waals surface area (Å²) in [5.41, 5.74) is 0.769. The summed E-state index contributed by atoms with van der Waals surface area (Å²) in [6.45, 7) is -0.718. The maximum absolute atomic E-state index is 14.0. The predicted molar refractivity (Wildman–Crippen MR) is 141 cm³/mol. The van der Waals surface area contributed by atoms with Gasteiger partial charge in [-0.2, -0.15) is 18.2 Å². The average molecular weight is 563 g/mol. The number of halogens is 4. The highest BCUT2D eigenvalue weighted by Gasteiger charge is 2.30. The van der Waals surface area contributed by atoms with Crippen LogP contribution in [-0.4, -0.2) is 76.4 Å². The number of nitro benzene ring substituents is 1. The Morgan fingerprint density at radius 1 is 1.12 bits per heavy atom. The Labute approximate surface area is 226 Å². The summed E-state index contributed by atoms with van der Waals surface area (Å²) in [5, 5.41) is 15.2. The molecular formula is C25H26F4N8O3. The van der Waals surface area contributed by atoms with E-state index in [4.69, 9.17) is 4.74 Å². The Kier molecular flexibility index (Phi) is 8.04. The number of alkyl halides is 3. The number of nitrogens with zero attached hydrogens (tertiary/aromatic N) is 7. The van der Waals surface area contributed by atoms with E-state index in [0.717, 1.165) is 17.9 Å². The number of nitro groups is 1. The van der Waals surface area contributed by atoms with Crippen molar-refractivity contribution in [3.63, 3.8) is 0 Å². The molecule has 4 aromatic rings. The molecule has 212 valence electrons. The number of nitrogens with one attached hydrogen (secondary N) is 1. The first-order valence-electron chi connectivity index (χ1n) is 11.9. The molecule has 2 aromatic carbocycles. The summed E-state index contributed by atoms with van der Waals surface area (Å²) >= 11 is 0. The van der Waals surface area contributed by atoms with Crippen molar-refractivity contribution in [1.82, 2.24) is 24.4 Å². The van der Waals surface area contributed by atoms with Crippen LogP contribution in [0.1, 0.15) is 0 Å². The molecule has 15 heteroatoms. The number of aromatic nitrogens is 4. The molecule has 0 atom stereocenters. The lowest BCUT2D eigenvalue weighted by molar-refractivity contribution is -0.384. The van der Waals surface area contributed by atoms with Crippen LogP contribution in [0.2, 0.25) is 0 Å². The van der Waals surface area contributed by atoms with E-state index in [9.17, 15) is 27.7 Å². The van der Waals surface area contributed by atoms with Crippen molar-refractivity contribution < 1.29 is 27.2 Å². The minimum Gasteiger partial charge on any atom is -0.482 e. The molecule has 0 fully saturated rings. The fourth-order valence-electron chi connectivity index (χ4n) is 4.01. The Morgan fingerprint density at radius 3 is 2.55 bits per heavy atom. The number of aryl methyl sites for hydroxylation is 1. The van der Waals surface area contributed by atoms with Crippen molar-refractivity contribution >= 4 is 33.9 Å². The lowest BCUT2D eigenvalue weighted by Gasteiger charge is -2.23. The molecule has 0 amide bonds. The Balaban J connectivity index is 1.75. The van der Waals surface area contributed by atoms with Crippen molar-refractivity contribution in [2.24, 2.45) is 7.05 Å². The SMILES string of the molecule is CN(C)CCN(C)c1cc(OCC(F)(F)F)c(Nc2ncnc(-c3cn(C)c4ccc(F)cc34)n2)cc1[N+](=O)[O-]. The number of ether oxygens (including phenoxy) is 1. The normalized spacial score (nSPS) is 11.7. The molecule has 0 saturated heterocycles. The molecule has 0 radical (unpaired) electrons. The first kappa shape index (κ1) is 28.5. The Bertz CT molecular complexity index is 1540. The molecular weight excluding hydrogens is 536 g/mol. The van der Waals surface area contributed by atoms with E-state index in [1.54, 1.807) is 35.8 Å². The van der Waals surface area contributed by atoms with E-state index in [2.05, 4.69) is 20.3 Å². The van der Waals surface area contributed by atoms with Crippen LogP contribution in [0.15, 0.2) is 42.9 Å². The molecule has 0 aliphatic rings. The molecule has 11 nitrogen and oxygen atoms in total. The van der Waals surface area contributed by atoms with Gasteiger partial charge in [-0.1, -0.05) is 0 Å². The molecule has 0 unspecified atom stereocenters. The van der Waals surface area contributed by atoms with E-state index >= 15 is 0 Å². The van der Waals surface area contributed by atoms with Crippen LogP contribution < -0.4 is 15.0 Å². The highest BCUT2D eigenvalue weighted by molar-refractivity contribution is 5.94. The van der Waals surface area contributed by atoms with Gasteiger partial charge in [0.25, 0.3) is 5.69 Å². The summed E-state index contributed by atoms with van der Waals surface area (Å²) in [7, 11) is 7.01. The molecule has 4 rings (SSSR count). The van der Waals surface area contributed by atoms with Gasteiger partial charge in [0.1, 0.15) is 23.6 Å².